The number of nitrogens with one attached hydrogen (secondary N) is 1. The number of carbonyl (C=O) groups is 1. The lowest BCUT2D eigenvalue weighted by atomic mass is 10.0. The molecule has 0 fully saturated rings. The number of benzene rings is 1. The Kier molecular flexibility index (Phi) is 4.46. The number of anilines is 1. The van der Waals surface area contributed by atoms with E-state index in [1.165, 1.54) is 11.3 Å². The molecule has 0 bridgehead atoms. The van der Waals surface area contributed by atoms with Gasteiger partial charge in [-0.2, -0.15) is 0 Å². The van der Waals surface area contributed by atoms with Gasteiger partial charge in [0.05, 0.1) is 10.6 Å². The molecule has 2 heterocycles. The van der Waals surface area contributed by atoms with Gasteiger partial charge in [-0.1, -0.05) is 12.1 Å². The Labute approximate surface area is 143 Å². The van der Waals surface area contributed by atoms with Gasteiger partial charge in [-0.25, -0.2) is 9.97 Å². The molecule has 6 nitrogen and oxygen atoms in total. The molecule has 0 aliphatic rings. The highest BCUT2D eigenvalue weighted by Crippen LogP contribution is 2.34. The summed E-state index contributed by atoms with van der Waals surface area (Å²) in [7, 11) is 0. The summed E-state index contributed by atoms with van der Waals surface area (Å²) in [4.78, 5) is 22.1. The molecule has 5 N–H and O–H groups in total. The van der Waals surface area contributed by atoms with Crippen molar-refractivity contribution in [1.29, 1.82) is 0 Å². The van der Waals surface area contributed by atoms with Crippen LogP contribution in [-0.4, -0.2) is 22.4 Å². The molecule has 1 aromatic carbocycles. The molecule has 0 aliphatic carbocycles. The van der Waals surface area contributed by atoms with E-state index in [1.54, 1.807) is 0 Å². The third-order valence-corrected chi connectivity index (χ3v) is 4.79. The number of rotatable bonds is 4. The molecule has 2 aromatic heterocycles. The zero-order valence-electron chi connectivity index (χ0n) is 13.6. The number of nitrogen functional groups attached to an aromatic ring is 1. The Morgan fingerprint density at radius 2 is 2.08 bits per heavy atom. The first kappa shape index (κ1) is 16.4. The van der Waals surface area contributed by atoms with E-state index in [0.29, 0.717) is 22.8 Å². The highest BCUT2D eigenvalue weighted by molar-refractivity contribution is 7.20. The van der Waals surface area contributed by atoms with Crippen molar-refractivity contribution in [2.24, 2.45) is 5.73 Å². The van der Waals surface area contributed by atoms with Crippen LogP contribution in [0.3, 0.4) is 0 Å². The van der Waals surface area contributed by atoms with Gasteiger partial charge in [-0.3, -0.25) is 4.79 Å². The predicted molar refractivity (Wildman–Crippen MR) is 97.9 cm³/mol. The molecule has 0 spiro atoms. The summed E-state index contributed by atoms with van der Waals surface area (Å²) < 4.78 is 0. The van der Waals surface area contributed by atoms with E-state index in [4.69, 9.17) is 11.5 Å². The number of thiophene rings is 1. The Balaban J connectivity index is 2.22. The molecular weight excluding hydrogens is 322 g/mol. The third kappa shape index (κ3) is 2.95. The van der Waals surface area contributed by atoms with Gasteiger partial charge in [0.15, 0.2) is 0 Å². The molecule has 124 valence electrons. The minimum Gasteiger partial charge on any atom is -0.368 e. The maximum Gasteiger partial charge on any atom is 0.261 e. The van der Waals surface area contributed by atoms with Crippen molar-refractivity contribution in [2.45, 2.75) is 20.4 Å². The summed E-state index contributed by atoms with van der Waals surface area (Å²) in [6.07, 6.45) is 0. The van der Waals surface area contributed by atoms with Gasteiger partial charge in [0, 0.05) is 24.0 Å². The van der Waals surface area contributed by atoms with Gasteiger partial charge in [-0.15, -0.1) is 11.3 Å². The molecule has 0 atom stereocenters. The maximum absolute atomic E-state index is 12.1. The number of hydrogen-bond acceptors (Lipinski definition) is 6. The molecular formula is C17H19N5OS. The van der Waals surface area contributed by atoms with Crippen molar-refractivity contribution >= 4 is 33.4 Å². The van der Waals surface area contributed by atoms with E-state index in [1.807, 2.05) is 38.1 Å². The van der Waals surface area contributed by atoms with E-state index in [2.05, 4.69) is 15.3 Å². The highest BCUT2D eigenvalue weighted by atomic mass is 32.1. The lowest BCUT2D eigenvalue weighted by Gasteiger charge is -2.09. The Morgan fingerprint density at radius 3 is 2.79 bits per heavy atom. The second-order valence-corrected chi connectivity index (χ2v) is 6.50. The van der Waals surface area contributed by atoms with Crippen LogP contribution in [0, 0.1) is 6.92 Å². The number of fused-ring (bicyclic) bond motifs is 1. The van der Waals surface area contributed by atoms with Crippen LogP contribution in [-0.2, 0) is 6.54 Å². The van der Waals surface area contributed by atoms with Gasteiger partial charge in [0.2, 0.25) is 5.95 Å². The number of aromatic nitrogens is 2. The van der Waals surface area contributed by atoms with Crippen LogP contribution < -0.4 is 16.8 Å². The minimum absolute atomic E-state index is 0.113. The molecule has 0 saturated heterocycles. The largest absolute Gasteiger partial charge is 0.368 e. The molecule has 0 unspecified atom stereocenters. The van der Waals surface area contributed by atoms with Gasteiger partial charge >= 0.3 is 0 Å². The lowest BCUT2D eigenvalue weighted by Crippen LogP contribution is -2.21. The van der Waals surface area contributed by atoms with E-state index in [-0.39, 0.29) is 11.9 Å². The Hall–Kier alpha value is -2.51. The van der Waals surface area contributed by atoms with Crippen molar-refractivity contribution < 1.29 is 4.79 Å². The summed E-state index contributed by atoms with van der Waals surface area (Å²) in [6, 6.07) is 7.85. The molecule has 3 rings (SSSR count). The quantitative estimate of drug-likeness (QED) is 0.676. The van der Waals surface area contributed by atoms with Crippen LogP contribution in [0.15, 0.2) is 24.3 Å². The average Bonchev–Trinajstić information content (AvgIpc) is 2.99. The average molecular weight is 341 g/mol. The van der Waals surface area contributed by atoms with E-state index in [9.17, 15) is 4.79 Å². The van der Waals surface area contributed by atoms with Crippen molar-refractivity contribution in [3.63, 3.8) is 0 Å². The number of nitrogens with two attached hydrogens (primary N) is 2. The first-order valence-corrected chi connectivity index (χ1v) is 8.50. The first-order valence-electron chi connectivity index (χ1n) is 7.68. The van der Waals surface area contributed by atoms with Crippen molar-refractivity contribution in [3.05, 3.63) is 40.3 Å². The highest BCUT2D eigenvalue weighted by Gasteiger charge is 2.17. The fraction of sp³-hybridized carbons (Fsp3) is 0.235. The van der Waals surface area contributed by atoms with Crippen LogP contribution in [0.5, 0.6) is 0 Å². The fourth-order valence-corrected chi connectivity index (χ4v) is 3.51. The van der Waals surface area contributed by atoms with Crippen molar-refractivity contribution in [3.8, 4) is 11.3 Å². The second-order valence-electron chi connectivity index (χ2n) is 5.47. The summed E-state index contributed by atoms with van der Waals surface area (Å²) in [6.45, 7) is 4.92. The number of carbonyl (C=O) groups excluding carboxylic acids is 1. The molecule has 24 heavy (non-hydrogen) atoms. The number of aryl methyl sites for hydroxylation is 1. The monoisotopic (exact) mass is 341 g/mol. The zero-order chi connectivity index (χ0) is 17.3. The van der Waals surface area contributed by atoms with Gasteiger partial charge in [0.25, 0.3) is 5.91 Å². The van der Waals surface area contributed by atoms with Crippen LogP contribution in [0.4, 0.5) is 5.95 Å². The fourth-order valence-electron chi connectivity index (χ4n) is 2.55. The van der Waals surface area contributed by atoms with Crippen LogP contribution in [0.2, 0.25) is 0 Å². The SMILES string of the molecule is CCNC(=O)c1cc2c(-c3cc(CN)ccc3C)nc(N)nc2s1. The van der Waals surface area contributed by atoms with Gasteiger partial charge < -0.3 is 16.8 Å². The summed E-state index contributed by atoms with van der Waals surface area (Å²) >= 11 is 1.32. The maximum atomic E-state index is 12.1. The van der Waals surface area contributed by atoms with Crippen molar-refractivity contribution in [1.82, 2.24) is 15.3 Å². The van der Waals surface area contributed by atoms with E-state index >= 15 is 0 Å². The molecule has 0 radical (unpaired) electrons. The molecule has 7 heteroatoms. The van der Waals surface area contributed by atoms with E-state index in [0.717, 1.165) is 27.8 Å². The minimum atomic E-state index is -0.113. The smallest absolute Gasteiger partial charge is 0.261 e. The first-order chi connectivity index (χ1) is 11.5. The molecule has 3 aromatic rings. The third-order valence-electron chi connectivity index (χ3n) is 3.76. The number of amides is 1. The van der Waals surface area contributed by atoms with Gasteiger partial charge in [0.1, 0.15) is 4.83 Å². The second kappa shape index (κ2) is 6.54. The normalized spacial score (nSPS) is 11.0. The lowest BCUT2D eigenvalue weighted by molar-refractivity contribution is 0.0960. The van der Waals surface area contributed by atoms with Crippen LogP contribution >= 0.6 is 11.3 Å². The molecule has 0 saturated carbocycles. The predicted octanol–water partition coefficient (Wildman–Crippen LogP) is 2.46. The van der Waals surface area contributed by atoms with E-state index < -0.39 is 0 Å². The Morgan fingerprint density at radius 1 is 1.29 bits per heavy atom. The summed E-state index contributed by atoms with van der Waals surface area (Å²) in [5, 5.41) is 3.63. The van der Waals surface area contributed by atoms with Crippen LogP contribution in [0.25, 0.3) is 21.5 Å². The van der Waals surface area contributed by atoms with Gasteiger partial charge in [-0.05, 0) is 37.1 Å². The Bertz CT molecular complexity index is 919. The standard InChI is InChI=1S/C17H19N5OS/c1-3-20-15(23)13-7-12-14(21-17(19)22-16(12)24-13)11-6-10(8-18)5-4-9(11)2/h4-7H,3,8,18H2,1-2H3,(H,20,23)(H2,19,21,22). The topological polar surface area (TPSA) is 107 Å². The molecule has 1 amide bonds. The zero-order valence-corrected chi connectivity index (χ0v) is 14.4. The number of nitrogens with zero attached hydrogens (tertiary/aromatic N) is 2. The van der Waals surface area contributed by atoms with Crippen LogP contribution in [0.1, 0.15) is 27.7 Å². The number of hydrogen-bond donors (Lipinski definition) is 3. The van der Waals surface area contributed by atoms with Crippen molar-refractivity contribution in [2.75, 3.05) is 12.3 Å². The molecule has 0 aliphatic heterocycles. The summed E-state index contributed by atoms with van der Waals surface area (Å²) in [5.74, 6) is 0.0804. The summed E-state index contributed by atoms with van der Waals surface area (Å²) in [5.41, 5.74) is 15.4.